The van der Waals surface area contributed by atoms with Crippen LogP contribution in [0.25, 0.3) is 0 Å². The quantitative estimate of drug-likeness (QED) is 0.450. The van der Waals surface area contributed by atoms with E-state index in [0.29, 0.717) is 35.6 Å². The molecule has 0 aromatic heterocycles. The van der Waals surface area contributed by atoms with Gasteiger partial charge in [0.15, 0.2) is 23.1 Å². The molecule has 5 rings (SSSR count). The van der Waals surface area contributed by atoms with Crippen molar-refractivity contribution in [3.05, 3.63) is 94.6 Å². The normalized spacial score (nSPS) is 14.2. The Labute approximate surface area is 209 Å². The van der Waals surface area contributed by atoms with Gasteiger partial charge in [0.1, 0.15) is 0 Å². The summed E-state index contributed by atoms with van der Waals surface area (Å²) < 4.78 is 39.2. The molecule has 0 spiro atoms. The van der Waals surface area contributed by atoms with E-state index in [4.69, 9.17) is 9.47 Å². The fraction of sp³-hybridized carbons (Fsp3) is 0.214. The van der Waals surface area contributed by atoms with E-state index in [9.17, 15) is 18.0 Å². The average Bonchev–Trinajstić information content (AvgIpc) is 3.35. The predicted octanol–water partition coefficient (Wildman–Crippen LogP) is 4.65. The molecule has 3 aromatic rings. The fourth-order valence-electron chi connectivity index (χ4n) is 4.31. The van der Waals surface area contributed by atoms with Crippen molar-refractivity contribution >= 4 is 27.3 Å². The van der Waals surface area contributed by atoms with Crippen molar-refractivity contribution in [2.45, 2.75) is 37.5 Å². The van der Waals surface area contributed by atoms with Crippen LogP contribution in [-0.2, 0) is 34.1 Å². The number of ether oxygens (including phenoxy) is 2. The van der Waals surface area contributed by atoms with Gasteiger partial charge in [0.05, 0.1) is 10.5 Å². The molecule has 0 fully saturated rings. The van der Waals surface area contributed by atoms with E-state index >= 15 is 0 Å². The minimum atomic E-state index is -3.91. The van der Waals surface area contributed by atoms with Gasteiger partial charge in [-0.1, -0.05) is 37.3 Å². The monoisotopic (exact) mass is 503 g/mol. The van der Waals surface area contributed by atoms with Gasteiger partial charge in [0.25, 0.3) is 10.0 Å². The van der Waals surface area contributed by atoms with Crippen LogP contribution in [0.15, 0.2) is 77.2 Å². The lowest BCUT2D eigenvalue weighted by Gasteiger charge is -2.17. The number of rotatable bonds is 8. The first-order valence-electron chi connectivity index (χ1n) is 11.8. The van der Waals surface area contributed by atoms with Crippen LogP contribution in [-0.4, -0.2) is 26.8 Å². The van der Waals surface area contributed by atoms with Crippen molar-refractivity contribution in [1.82, 2.24) is 0 Å². The number of fused-ring (bicyclic) bond motifs is 2. The zero-order valence-electron chi connectivity index (χ0n) is 19.7. The number of sulfonamides is 1. The molecule has 1 N–H and O–H groups in total. The molecule has 0 amide bonds. The number of nitrogens with one attached hydrogen (secondary N) is 1. The van der Waals surface area contributed by atoms with Gasteiger partial charge < -0.3 is 9.47 Å². The van der Waals surface area contributed by atoms with Crippen LogP contribution < -0.4 is 14.2 Å². The van der Waals surface area contributed by atoms with Gasteiger partial charge in [0, 0.05) is 17.7 Å². The summed E-state index contributed by atoms with van der Waals surface area (Å²) in [5.41, 5.74) is 3.48. The van der Waals surface area contributed by atoms with Gasteiger partial charge in [0.2, 0.25) is 6.79 Å². The Hall–Kier alpha value is -3.91. The van der Waals surface area contributed by atoms with E-state index < -0.39 is 15.8 Å². The Morgan fingerprint density at radius 3 is 2.47 bits per heavy atom. The minimum absolute atomic E-state index is 0.0248. The molecular formula is C28H25NO6S. The number of hydrogen-bond donors (Lipinski definition) is 1. The van der Waals surface area contributed by atoms with Gasteiger partial charge >= 0.3 is 0 Å². The molecule has 8 heteroatoms. The fourth-order valence-corrected chi connectivity index (χ4v) is 5.40. The Bertz CT molecular complexity index is 1490. The summed E-state index contributed by atoms with van der Waals surface area (Å²) in [7, 11) is -3.91. The molecule has 0 bridgehead atoms. The Balaban J connectivity index is 1.30. The van der Waals surface area contributed by atoms with Crippen molar-refractivity contribution in [3.8, 4) is 11.5 Å². The molecule has 36 heavy (non-hydrogen) atoms. The van der Waals surface area contributed by atoms with Gasteiger partial charge in [-0.25, -0.2) is 8.42 Å². The first-order chi connectivity index (χ1) is 17.3. The lowest BCUT2D eigenvalue weighted by atomic mass is 9.87. The summed E-state index contributed by atoms with van der Waals surface area (Å²) in [6, 6.07) is 17.1. The highest BCUT2D eigenvalue weighted by Gasteiger charge is 2.27. The topological polar surface area (TPSA) is 98.8 Å². The van der Waals surface area contributed by atoms with E-state index in [1.54, 1.807) is 30.3 Å². The van der Waals surface area contributed by atoms with Crippen LogP contribution in [0.1, 0.15) is 40.4 Å². The molecule has 184 valence electrons. The number of carbonyl (C=O) groups excluding carboxylic acids is 2. The summed E-state index contributed by atoms with van der Waals surface area (Å²) in [6.07, 6.45) is 3.47. The third-order valence-corrected chi connectivity index (χ3v) is 7.78. The number of aryl methyl sites for hydroxylation is 2. The highest BCUT2D eigenvalue weighted by atomic mass is 32.2. The number of benzene rings is 3. The molecule has 0 atom stereocenters. The van der Waals surface area contributed by atoms with E-state index in [0.717, 1.165) is 17.5 Å². The summed E-state index contributed by atoms with van der Waals surface area (Å²) >= 11 is 0. The average molecular weight is 504 g/mol. The van der Waals surface area contributed by atoms with E-state index in [1.807, 2.05) is 31.2 Å². The van der Waals surface area contributed by atoms with Crippen molar-refractivity contribution in [2.75, 3.05) is 11.5 Å². The summed E-state index contributed by atoms with van der Waals surface area (Å²) in [4.78, 5) is 26.1. The number of anilines is 1. The molecule has 0 saturated heterocycles. The highest BCUT2D eigenvalue weighted by molar-refractivity contribution is 7.92. The maximum absolute atomic E-state index is 13.2. The molecule has 1 aliphatic carbocycles. The first-order valence-corrected chi connectivity index (χ1v) is 13.2. The zero-order chi connectivity index (χ0) is 25.3. The third kappa shape index (κ3) is 4.77. The minimum Gasteiger partial charge on any atom is -0.454 e. The summed E-state index contributed by atoms with van der Waals surface area (Å²) in [5.74, 6) is 0.595. The molecular weight excluding hydrogens is 478 g/mol. The number of allylic oxidation sites excluding steroid dienone is 2. The SMILES string of the molecule is CCc1ccc(NS(=O)(=O)c2ccc3c(c2)C(=O)C(C(=O)CCc2ccc4c(c2)OCO4)=CC3)cc1. The Kier molecular flexibility index (Phi) is 6.36. The van der Waals surface area contributed by atoms with E-state index in [2.05, 4.69) is 4.72 Å². The number of ketones is 2. The number of hydrogen-bond acceptors (Lipinski definition) is 6. The second-order valence-electron chi connectivity index (χ2n) is 8.74. The molecule has 3 aromatic carbocycles. The molecule has 1 aliphatic heterocycles. The van der Waals surface area contributed by atoms with Gasteiger partial charge in [-0.15, -0.1) is 0 Å². The smallest absolute Gasteiger partial charge is 0.261 e. The second-order valence-corrected chi connectivity index (χ2v) is 10.4. The van der Waals surface area contributed by atoms with Gasteiger partial charge in [-0.2, -0.15) is 0 Å². The van der Waals surface area contributed by atoms with Gasteiger partial charge in [-0.05, 0) is 72.4 Å². The van der Waals surface area contributed by atoms with E-state index in [1.165, 1.54) is 12.1 Å². The molecule has 7 nitrogen and oxygen atoms in total. The maximum Gasteiger partial charge on any atom is 0.261 e. The highest BCUT2D eigenvalue weighted by Crippen LogP contribution is 2.33. The van der Waals surface area contributed by atoms with Crippen molar-refractivity contribution in [1.29, 1.82) is 0 Å². The van der Waals surface area contributed by atoms with Crippen LogP contribution in [0.3, 0.4) is 0 Å². The second kappa shape index (κ2) is 9.62. The summed E-state index contributed by atoms with van der Waals surface area (Å²) in [5, 5.41) is 0. The van der Waals surface area contributed by atoms with Gasteiger partial charge in [-0.3, -0.25) is 14.3 Å². The molecule has 0 unspecified atom stereocenters. The van der Waals surface area contributed by atoms with E-state index in [-0.39, 0.29) is 35.0 Å². The molecule has 0 radical (unpaired) electrons. The van der Waals surface area contributed by atoms with Crippen molar-refractivity contribution in [2.24, 2.45) is 0 Å². The van der Waals surface area contributed by atoms with Crippen LogP contribution >= 0.6 is 0 Å². The van der Waals surface area contributed by atoms with Crippen LogP contribution in [0.5, 0.6) is 11.5 Å². The molecule has 2 aliphatic rings. The lowest BCUT2D eigenvalue weighted by molar-refractivity contribution is -0.115. The number of carbonyl (C=O) groups is 2. The van der Waals surface area contributed by atoms with Crippen LogP contribution in [0.2, 0.25) is 0 Å². The molecule has 1 heterocycles. The lowest BCUT2D eigenvalue weighted by Crippen LogP contribution is -2.21. The van der Waals surface area contributed by atoms with Crippen LogP contribution in [0, 0.1) is 0 Å². The van der Waals surface area contributed by atoms with Crippen LogP contribution in [0.4, 0.5) is 5.69 Å². The Morgan fingerprint density at radius 1 is 0.944 bits per heavy atom. The van der Waals surface area contributed by atoms with Crippen molar-refractivity contribution in [3.63, 3.8) is 0 Å². The largest absolute Gasteiger partial charge is 0.454 e. The first kappa shape index (κ1) is 23.8. The maximum atomic E-state index is 13.2. The Morgan fingerprint density at radius 2 is 1.69 bits per heavy atom. The van der Waals surface area contributed by atoms with Crippen molar-refractivity contribution < 1.29 is 27.5 Å². The standard InChI is InChI=1S/C28H25NO6S/c1-2-18-3-9-21(10-4-18)29-36(32,33)22-11-7-20-8-12-23(28(31)24(20)16-22)25(30)13-5-19-6-14-26-27(15-19)35-17-34-26/h3-4,6-7,9-12,14-16,29H,2,5,8,13,17H2,1H3. The summed E-state index contributed by atoms with van der Waals surface area (Å²) in [6.45, 7) is 2.20. The number of Topliss-reactive ketones (excluding diaryl/α,β-unsaturated/α-hetero) is 2. The molecule has 0 saturated carbocycles. The zero-order valence-corrected chi connectivity index (χ0v) is 20.6. The predicted molar refractivity (Wildman–Crippen MR) is 135 cm³/mol. The third-order valence-electron chi connectivity index (χ3n) is 6.40.